The molecule has 90 valence electrons. The van der Waals surface area contributed by atoms with E-state index < -0.39 is 0 Å². The fraction of sp³-hybridized carbons (Fsp3) is 0.583. The number of hydrogen-bond acceptors (Lipinski definition) is 4. The van der Waals surface area contributed by atoms with Crippen LogP contribution in [0.4, 0.5) is 11.5 Å². The molecule has 0 fully saturated rings. The Morgan fingerprint density at radius 2 is 2.25 bits per heavy atom. The van der Waals surface area contributed by atoms with Crippen LogP contribution >= 0.6 is 0 Å². The summed E-state index contributed by atoms with van der Waals surface area (Å²) in [6.45, 7) is 6.55. The smallest absolute Gasteiger partial charge is 0.149 e. The molecular weight excluding hydrogens is 202 g/mol. The third kappa shape index (κ3) is 4.06. The van der Waals surface area contributed by atoms with Gasteiger partial charge in [0.1, 0.15) is 5.82 Å². The van der Waals surface area contributed by atoms with Gasteiger partial charge in [-0.15, -0.1) is 0 Å². The second-order valence-electron chi connectivity index (χ2n) is 3.78. The topological polar surface area (TPSA) is 60.2 Å². The lowest BCUT2D eigenvalue weighted by Gasteiger charge is -2.09. The molecule has 0 aliphatic carbocycles. The van der Waals surface area contributed by atoms with Crippen molar-refractivity contribution in [2.24, 2.45) is 0 Å². The second-order valence-corrected chi connectivity index (χ2v) is 3.78. The van der Waals surface area contributed by atoms with Crippen molar-refractivity contribution in [2.45, 2.75) is 26.7 Å². The van der Waals surface area contributed by atoms with Crippen molar-refractivity contribution < 1.29 is 4.74 Å². The molecule has 1 aromatic rings. The molecule has 0 bridgehead atoms. The number of anilines is 2. The van der Waals surface area contributed by atoms with Crippen LogP contribution in [0.5, 0.6) is 0 Å². The van der Waals surface area contributed by atoms with Gasteiger partial charge in [0.15, 0.2) is 0 Å². The first-order valence-corrected chi connectivity index (χ1v) is 5.78. The lowest BCUT2D eigenvalue weighted by atomic mass is 10.2. The van der Waals surface area contributed by atoms with Crippen LogP contribution < -0.4 is 11.1 Å². The summed E-state index contributed by atoms with van der Waals surface area (Å²) in [7, 11) is 0. The number of hydrogen-bond donors (Lipinski definition) is 2. The number of nitrogen functional groups attached to an aromatic ring is 1. The van der Waals surface area contributed by atoms with E-state index in [0.29, 0.717) is 0 Å². The Bertz CT molecular complexity index is 315. The molecule has 0 aliphatic rings. The van der Waals surface area contributed by atoms with E-state index in [-0.39, 0.29) is 0 Å². The Labute approximate surface area is 97.2 Å². The monoisotopic (exact) mass is 223 g/mol. The summed E-state index contributed by atoms with van der Waals surface area (Å²) in [5, 5.41) is 3.21. The van der Waals surface area contributed by atoms with Gasteiger partial charge < -0.3 is 15.8 Å². The first-order valence-electron chi connectivity index (χ1n) is 5.78. The molecule has 0 unspecified atom stereocenters. The maximum absolute atomic E-state index is 5.89. The van der Waals surface area contributed by atoms with Crippen molar-refractivity contribution in [1.29, 1.82) is 0 Å². The first-order chi connectivity index (χ1) is 7.75. The molecule has 0 aromatic carbocycles. The third-order valence-corrected chi connectivity index (χ3v) is 2.31. The van der Waals surface area contributed by atoms with Crippen LogP contribution in [0.1, 0.15) is 25.3 Å². The Morgan fingerprint density at radius 3 is 3.00 bits per heavy atom. The molecule has 0 saturated heterocycles. The van der Waals surface area contributed by atoms with Crippen molar-refractivity contribution >= 4 is 11.5 Å². The molecule has 4 heteroatoms. The van der Waals surface area contributed by atoms with Gasteiger partial charge in [0.25, 0.3) is 0 Å². The van der Waals surface area contributed by atoms with Gasteiger partial charge in [-0.1, -0.05) is 6.92 Å². The van der Waals surface area contributed by atoms with E-state index in [2.05, 4.69) is 17.2 Å². The van der Waals surface area contributed by atoms with Crippen molar-refractivity contribution in [3.8, 4) is 0 Å². The largest absolute Gasteiger partial charge is 0.396 e. The number of aryl methyl sites for hydroxylation is 1. The fourth-order valence-corrected chi connectivity index (χ4v) is 1.34. The molecule has 0 radical (unpaired) electrons. The molecule has 4 nitrogen and oxygen atoms in total. The maximum Gasteiger partial charge on any atom is 0.149 e. The average molecular weight is 223 g/mol. The first kappa shape index (κ1) is 12.8. The lowest BCUT2D eigenvalue weighted by Crippen LogP contribution is -2.09. The quantitative estimate of drug-likeness (QED) is 0.696. The number of nitrogens with two attached hydrogens (primary N) is 1. The van der Waals surface area contributed by atoms with Crippen LogP contribution in [0.3, 0.4) is 0 Å². The maximum atomic E-state index is 5.89. The zero-order valence-corrected chi connectivity index (χ0v) is 10.1. The summed E-state index contributed by atoms with van der Waals surface area (Å²) in [5.41, 5.74) is 7.68. The molecule has 16 heavy (non-hydrogen) atoms. The van der Waals surface area contributed by atoms with E-state index in [4.69, 9.17) is 10.5 Å². The number of pyridine rings is 1. The van der Waals surface area contributed by atoms with Gasteiger partial charge in [-0.3, -0.25) is 0 Å². The lowest BCUT2D eigenvalue weighted by molar-refractivity contribution is 0.134. The predicted octanol–water partition coefficient (Wildman–Crippen LogP) is 2.20. The summed E-state index contributed by atoms with van der Waals surface area (Å²) in [4.78, 5) is 4.20. The number of rotatable bonds is 7. The highest BCUT2D eigenvalue weighted by molar-refractivity contribution is 5.64. The predicted molar refractivity (Wildman–Crippen MR) is 67.6 cm³/mol. The van der Waals surface area contributed by atoms with Crippen molar-refractivity contribution in [3.63, 3.8) is 0 Å². The molecule has 1 aromatic heterocycles. The van der Waals surface area contributed by atoms with E-state index in [1.165, 1.54) is 0 Å². The van der Waals surface area contributed by atoms with E-state index in [9.17, 15) is 0 Å². The van der Waals surface area contributed by atoms with E-state index in [0.717, 1.165) is 49.7 Å². The fourth-order valence-electron chi connectivity index (χ4n) is 1.34. The molecule has 0 aliphatic heterocycles. The van der Waals surface area contributed by atoms with Gasteiger partial charge in [-0.2, -0.15) is 0 Å². The minimum atomic E-state index is 0.733. The molecule has 3 N–H and O–H groups in total. The summed E-state index contributed by atoms with van der Waals surface area (Å²) >= 11 is 0. The van der Waals surface area contributed by atoms with Gasteiger partial charge >= 0.3 is 0 Å². The van der Waals surface area contributed by atoms with Crippen LogP contribution in [-0.4, -0.2) is 24.7 Å². The van der Waals surface area contributed by atoms with Crippen LogP contribution in [0.25, 0.3) is 0 Å². The van der Waals surface area contributed by atoms with Crippen molar-refractivity contribution in [3.05, 3.63) is 17.8 Å². The standard InChI is InChI=1S/C12H21N3O/c1-3-8-16-9-4-6-14-12-11(13)10(2)5-7-15-12/h5,7H,3-4,6,8-9,13H2,1-2H3,(H,14,15). The normalized spacial score (nSPS) is 10.4. The zero-order valence-electron chi connectivity index (χ0n) is 10.1. The van der Waals surface area contributed by atoms with E-state index in [1.54, 1.807) is 6.20 Å². The number of nitrogens with zero attached hydrogens (tertiary/aromatic N) is 1. The van der Waals surface area contributed by atoms with Gasteiger partial charge in [-0.25, -0.2) is 4.98 Å². The van der Waals surface area contributed by atoms with Crippen LogP contribution in [0.2, 0.25) is 0 Å². The van der Waals surface area contributed by atoms with Gasteiger partial charge in [0.05, 0.1) is 5.69 Å². The Hall–Kier alpha value is -1.29. The summed E-state index contributed by atoms with van der Waals surface area (Å²) in [5.74, 6) is 0.774. The minimum absolute atomic E-state index is 0.733. The van der Waals surface area contributed by atoms with Crippen LogP contribution in [0, 0.1) is 6.92 Å². The van der Waals surface area contributed by atoms with E-state index in [1.807, 2.05) is 13.0 Å². The molecule has 1 heterocycles. The molecular formula is C12H21N3O. The van der Waals surface area contributed by atoms with Crippen LogP contribution in [-0.2, 0) is 4.74 Å². The SMILES string of the molecule is CCCOCCCNc1nccc(C)c1N. The Kier molecular flexibility index (Phi) is 5.64. The molecule has 0 atom stereocenters. The molecule has 0 saturated carbocycles. The minimum Gasteiger partial charge on any atom is -0.396 e. The number of nitrogens with one attached hydrogen (secondary N) is 1. The van der Waals surface area contributed by atoms with E-state index >= 15 is 0 Å². The molecule has 1 rings (SSSR count). The van der Waals surface area contributed by atoms with Crippen molar-refractivity contribution in [1.82, 2.24) is 4.98 Å². The zero-order chi connectivity index (χ0) is 11.8. The van der Waals surface area contributed by atoms with Crippen LogP contribution in [0.15, 0.2) is 12.3 Å². The second kappa shape index (κ2) is 7.06. The van der Waals surface area contributed by atoms with Gasteiger partial charge in [-0.05, 0) is 31.4 Å². The van der Waals surface area contributed by atoms with Crippen molar-refractivity contribution in [2.75, 3.05) is 30.8 Å². The summed E-state index contributed by atoms with van der Waals surface area (Å²) < 4.78 is 5.38. The molecule has 0 spiro atoms. The average Bonchev–Trinajstić information content (AvgIpc) is 2.29. The van der Waals surface area contributed by atoms with Gasteiger partial charge in [0.2, 0.25) is 0 Å². The number of aromatic nitrogens is 1. The molecule has 0 amide bonds. The summed E-state index contributed by atoms with van der Waals surface area (Å²) in [6, 6.07) is 1.91. The van der Waals surface area contributed by atoms with Gasteiger partial charge in [0, 0.05) is 26.0 Å². The number of ether oxygens (including phenoxy) is 1. The Balaban J connectivity index is 2.24. The Morgan fingerprint density at radius 1 is 1.44 bits per heavy atom. The highest BCUT2D eigenvalue weighted by atomic mass is 16.5. The highest BCUT2D eigenvalue weighted by Gasteiger charge is 2.01. The third-order valence-electron chi connectivity index (χ3n) is 2.31. The summed E-state index contributed by atoms with van der Waals surface area (Å²) in [6.07, 6.45) is 3.80. The highest BCUT2D eigenvalue weighted by Crippen LogP contribution is 2.18.